The average molecular weight is 485 g/mol. The van der Waals surface area contributed by atoms with Crippen molar-refractivity contribution in [3.8, 4) is 17.2 Å². The van der Waals surface area contributed by atoms with Gasteiger partial charge in [0.25, 0.3) is 0 Å². The van der Waals surface area contributed by atoms with Gasteiger partial charge in [0.15, 0.2) is 16.8 Å². The molecule has 7 heteroatoms. The van der Waals surface area contributed by atoms with Crippen LogP contribution in [0.15, 0.2) is 45.2 Å². The van der Waals surface area contributed by atoms with Gasteiger partial charge in [0.05, 0.1) is 20.3 Å². The van der Waals surface area contributed by atoms with Crippen molar-refractivity contribution in [2.45, 2.75) is 53.1 Å². The summed E-state index contributed by atoms with van der Waals surface area (Å²) in [5, 5.41) is 10.8. The maximum absolute atomic E-state index is 13.1. The Hall–Kier alpha value is -3.28. The number of rotatable bonds is 12. The Morgan fingerprint density at radius 1 is 1.14 bits per heavy atom. The van der Waals surface area contributed by atoms with Crippen LogP contribution in [0.4, 0.5) is 0 Å². The molecular weight excluding hydrogens is 448 g/mol. The summed E-state index contributed by atoms with van der Waals surface area (Å²) in [5.41, 5.74) is 0.864. The van der Waals surface area contributed by atoms with Crippen LogP contribution in [0.25, 0.3) is 11.0 Å². The fourth-order valence-corrected chi connectivity index (χ4v) is 4.27. The molecule has 3 atom stereocenters. The van der Waals surface area contributed by atoms with Gasteiger partial charge in [-0.25, -0.2) is 4.79 Å². The van der Waals surface area contributed by atoms with Gasteiger partial charge in [-0.05, 0) is 44.6 Å². The van der Waals surface area contributed by atoms with E-state index in [0.717, 1.165) is 12.8 Å². The van der Waals surface area contributed by atoms with Crippen molar-refractivity contribution in [3.05, 3.63) is 57.5 Å². The van der Waals surface area contributed by atoms with Crippen molar-refractivity contribution in [2.75, 3.05) is 21.3 Å². The summed E-state index contributed by atoms with van der Waals surface area (Å²) >= 11 is 0. The maximum Gasteiger partial charge on any atom is 0.202 e. The van der Waals surface area contributed by atoms with Gasteiger partial charge in [-0.1, -0.05) is 32.1 Å². The van der Waals surface area contributed by atoms with Gasteiger partial charge in [-0.2, -0.15) is 0 Å². The Kier molecular flexibility index (Phi) is 10.4. The zero-order chi connectivity index (χ0) is 26.1. The molecule has 35 heavy (non-hydrogen) atoms. The molecule has 0 bridgehead atoms. The Labute approximate surface area is 206 Å². The van der Waals surface area contributed by atoms with E-state index in [2.05, 4.69) is 13.8 Å². The summed E-state index contributed by atoms with van der Waals surface area (Å²) in [5.74, 6) is 3.04. The summed E-state index contributed by atoms with van der Waals surface area (Å²) in [6.45, 7) is 7.68. The van der Waals surface area contributed by atoms with Crippen molar-refractivity contribution in [2.24, 2.45) is 11.8 Å². The molecule has 0 aliphatic carbocycles. The molecule has 1 aromatic carbocycles. The molecule has 0 saturated heterocycles. The van der Waals surface area contributed by atoms with Crippen LogP contribution < -0.4 is 14.9 Å². The first-order chi connectivity index (χ1) is 16.7. The first-order valence-corrected chi connectivity index (χ1v) is 11.7. The van der Waals surface area contributed by atoms with E-state index >= 15 is 0 Å². The van der Waals surface area contributed by atoms with Crippen LogP contribution in [0.1, 0.15) is 44.9 Å². The molecule has 2 rings (SSSR count). The van der Waals surface area contributed by atoms with Crippen LogP contribution in [-0.2, 0) is 16.0 Å². The number of hydrogen-bond donors (Lipinski definition) is 1. The molecule has 7 nitrogen and oxygen atoms in total. The highest BCUT2D eigenvalue weighted by atomic mass is 16.5. The van der Waals surface area contributed by atoms with Gasteiger partial charge in [-0.15, -0.1) is 0 Å². The smallest absolute Gasteiger partial charge is 0.202 e. The molecule has 190 valence electrons. The second-order valence-electron chi connectivity index (χ2n) is 8.81. The summed E-state index contributed by atoms with van der Waals surface area (Å²) in [4.78, 5) is 23.6. The van der Waals surface area contributed by atoms with E-state index in [1.54, 1.807) is 27.0 Å². The Morgan fingerprint density at radius 3 is 2.43 bits per heavy atom. The van der Waals surface area contributed by atoms with Crippen LogP contribution in [0.5, 0.6) is 17.2 Å². The highest BCUT2D eigenvalue weighted by Gasteiger charge is 2.25. The molecule has 1 heterocycles. The predicted molar refractivity (Wildman–Crippen MR) is 137 cm³/mol. The molecule has 2 aromatic rings. The number of allylic oxidation sites excluding steroid dienone is 5. The van der Waals surface area contributed by atoms with Crippen LogP contribution in [0.2, 0.25) is 0 Å². The third-order valence-corrected chi connectivity index (χ3v) is 6.32. The van der Waals surface area contributed by atoms with E-state index in [0.29, 0.717) is 29.1 Å². The number of phenolic OH excluding ortho intramolecular Hbond substituents is 1. The fourth-order valence-electron chi connectivity index (χ4n) is 4.27. The third-order valence-electron chi connectivity index (χ3n) is 6.32. The van der Waals surface area contributed by atoms with Crippen molar-refractivity contribution in [1.29, 1.82) is 0 Å². The largest absolute Gasteiger partial charge is 0.502 e. The zero-order valence-corrected chi connectivity index (χ0v) is 21.6. The zero-order valence-electron chi connectivity index (χ0n) is 21.6. The summed E-state index contributed by atoms with van der Waals surface area (Å²) in [6, 6.07) is 1.48. The van der Waals surface area contributed by atoms with Crippen molar-refractivity contribution in [1.82, 2.24) is 0 Å². The fraction of sp³-hybridized carbons (Fsp3) is 0.464. The highest BCUT2D eigenvalue weighted by molar-refractivity contribution is 5.91. The number of fused-ring (bicyclic) bond motifs is 1. The average Bonchev–Trinajstić information content (AvgIpc) is 2.85. The van der Waals surface area contributed by atoms with Crippen molar-refractivity contribution >= 4 is 16.9 Å². The van der Waals surface area contributed by atoms with Crippen molar-refractivity contribution in [3.63, 3.8) is 0 Å². The molecule has 0 aliphatic heterocycles. The number of ether oxygens (including phenoxy) is 3. The lowest BCUT2D eigenvalue weighted by atomic mass is 9.87. The number of benzene rings is 1. The minimum atomic E-state index is -0.238. The Bertz CT molecular complexity index is 1180. The minimum Gasteiger partial charge on any atom is -0.502 e. The molecule has 0 saturated carbocycles. The number of phenols is 1. The predicted octanol–water partition coefficient (Wildman–Crippen LogP) is 5.32. The molecule has 0 aliphatic rings. The van der Waals surface area contributed by atoms with Crippen LogP contribution in [0.3, 0.4) is 0 Å². The number of carbonyl (C=O) groups excluding carboxylic acids is 1. The standard InChI is InChI=1S/C28H36O7/c1-17(16-29)11-9-8-10-12-18(2)27(34-7)19(3)13-14-21-20(4)25(30)24-22(32-5)15-23(33-6)26(31)28(24)35-21/h8-11,15,18-19,27,31H,12-14H2,1-7H3. The van der Waals surface area contributed by atoms with E-state index in [-0.39, 0.29) is 45.8 Å². The molecule has 0 fully saturated rings. The topological polar surface area (TPSA) is 95.2 Å². The third kappa shape index (κ3) is 6.65. The van der Waals surface area contributed by atoms with E-state index in [1.807, 2.05) is 24.2 Å². The van der Waals surface area contributed by atoms with Gasteiger partial charge in [-0.3, -0.25) is 4.79 Å². The normalized spacial score (nSPS) is 14.3. The van der Waals surface area contributed by atoms with Crippen molar-refractivity contribution < 1.29 is 28.5 Å². The molecule has 0 radical (unpaired) electrons. The maximum atomic E-state index is 13.1. The first kappa shape index (κ1) is 28.0. The lowest BCUT2D eigenvalue weighted by Crippen LogP contribution is -2.28. The summed E-state index contributed by atoms with van der Waals surface area (Å²) in [6.07, 6.45) is 9.56. The molecule has 1 N–H and O–H groups in total. The second kappa shape index (κ2) is 13.0. The quantitative estimate of drug-likeness (QED) is 0.322. The molecule has 0 amide bonds. The number of hydrogen-bond acceptors (Lipinski definition) is 7. The van der Waals surface area contributed by atoms with Gasteiger partial charge in [0.2, 0.25) is 5.75 Å². The monoisotopic (exact) mass is 484 g/mol. The van der Waals surface area contributed by atoms with Crippen LogP contribution in [0, 0.1) is 18.8 Å². The SMILES string of the molecule is COc1cc(OC)c2c(=O)c(C)c(CCC(C)C(OC)C(C)CC=CC=CC(C)=C=O)oc2c1O. The number of methoxy groups -OCH3 is 3. The minimum absolute atomic E-state index is 0.00121. The van der Waals surface area contributed by atoms with E-state index < -0.39 is 0 Å². The van der Waals surface area contributed by atoms with E-state index in [9.17, 15) is 14.7 Å². The van der Waals surface area contributed by atoms with Gasteiger partial charge in [0.1, 0.15) is 22.8 Å². The van der Waals surface area contributed by atoms with Gasteiger partial charge >= 0.3 is 0 Å². The molecule has 1 aromatic heterocycles. The lowest BCUT2D eigenvalue weighted by molar-refractivity contribution is 0.0152. The Balaban J connectivity index is 2.20. The van der Waals surface area contributed by atoms with Crippen LogP contribution in [-0.4, -0.2) is 38.5 Å². The molecular formula is C28H36O7. The number of aromatic hydroxyl groups is 1. The Morgan fingerprint density at radius 2 is 1.83 bits per heavy atom. The second-order valence-corrected chi connectivity index (χ2v) is 8.81. The molecule has 3 unspecified atom stereocenters. The highest BCUT2D eigenvalue weighted by Crippen LogP contribution is 2.40. The first-order valence-electron chi connectivity index (χ1n) is 11.7. The van der Waals surface area contributed by atoms with E-state index in [4.69, 9.17) is 18.6 Å². The summed E-state index contributed by atoms with van der Waals surface area (Å²) in [7, 11) is 4.59. The summed E-state index contributed by atoms with van der Waals surface area (Å²) < 4.78 is 22.4. The van der Waals surface area contributed by atoms with E-state index in [1.165, 1.54) is 20.3 Å². The van der Waals surface area contributed by atoms with Gasteiger partial charge < -0.3 is 23.7 Å². The van der Waals surface area contributed by atoms with Gasteiger partial charge in [0, 0.05) is 30.7 Å². The lowest BCUT2D eigenvalue weighted by Gasteiger charge is -2.28. The molecule has 0 spiro atoms. The van der Waals surface area contributed by atoms with Crippen LogP contribution >= 0.6 is 0 Å². The number of aryl methyl sites for hydroxylation is 1.